The molecule has 25 nitrogen and oxygen atoms in total. The van der Waals surface area contributed by atoms with Crippen LogP contribution in [0.5, 0.6) is 5.75 Å². The fourth-order valence-electron chi connectivity index (χ4n) is 13.3. The number of phenolic OH excluding ortho intramolecular Hbond substituents is 1. The lowest BCUT2D eigenvalue weighted by Crippen LogP contribution is -2.65. The Hall–Kier alpha value is -5.13. The van der Waals surface area contributed by atoms with E-state index in [9.17, 15) is 44.1 Å². The van der Waals surface area contributed by atoms with Crippen molar-refractivity contribution in [3.05, 3.63) is 51.5 Å². The molecular weight excluding hydrogens is 1130 g/mol. The van der Waals surface area contributed by atoms with Crippen LogP contribution in [0, 0.1) is 11.8 Å². The third-order valence-corrected chi connectivity index (χ3v) is 18.3. The van der Waals surface area contributed by atoms with Crippen LogP contribution in [0.15, 0.2) is 29.2 Å². The number of carboxylic acid groups (broad SMARTS) is 1. The molecule has 4 N–H and O–H groups in total. The summed E-state index contributed by atoms with van der Waals surface area (Å²) in [5.74, 6) is -11.6. The Morgan fingerprint density at radius 2 is 1.05 bits per heavy atom. The Balaban J connectivity index is 0.785. The number of esters is 1. The first-order valence-electron chi connectivity index (χ1n) is 30.1. The van der Waals surface area contributed by atoms with Crippen LogP contribution in [0.2, 0.25) is 0 Å². The lowest BCUT2D eigenvalue weighted by molar-refractivity contribution is -0.316. The van der Waals surface area contributed by atoms with Crippen molar-refractivity contribution >= 4 is 40.9 Å². The van der Waals surface area contributed by atoms with Gasteiger partial charge in [0.15, 0.2) is 72.4 Å². The number of carbonyl (C=O) groups excluding carboxylic acids is 6. The molecular formula is C61H80O25. The first-order valence-corrected chi connectivity index (χ1v) is 30.1. The quantitative estimate of drug-likeness (QED) is 0.0854. The molecule has 0 radical (unpaired) electrons. The van der Waals surface area contributed by atoms with Gasteiger partial charge >= 0.3 is 11.9 Å². The summed E-state index contributed by atoms with van der Waals surface area (Å²) in [7, 11) is 1.21. The van der Waals surface area contributed by atoms with Gasteiger partial charge in [0.25, 0.3) is 0 Å². The molecule has 86 heavy (non-hydrogen) atoms. The van der Waals surface area contributed by atoms with Crippen molar-refractivity contribution < 1.29 is 120 Å². The third-order valence-electron chi connectivity index (χ3n) is 18.3. The number of aliphatic hydroxyl groups excluding tert-OH is 2. The number of hydrogen-bond donors (Lipinski definition) is 4. The molecule has 0 aromatic heterocycles. The van der Waals surface area contributed by atoms with Crippen LogP contribution in [0.3, 0.4) is 0 Å². The summed E-state index contributed by atoms with van der Waals surface area (Å²) in [5, 5.41) is 43.8. The van der Waals surface area contributed by atoms with E-state index < -0.39 is 185 Å². The molecule has 474 valence electrons. The van der Waals surface area contributed by atoms with E-state index in [1.54, 1.807) is 27.7 Å². The fraction of sp³-hybridized carbons (Fsp3) is 0.721. The first-order chi connectivity index (χ1) is 40.9. The molecule has 6 saturated heterocycles. The first kappa shape index (κ1) is 63.9. The average Bonchev–Trinajstić information content (AvgIpc) is 0.699. The van der Waals surface area contributed by atoms with Crippen LogP contribution in [0.1, 0.15) is 169 Å². The SMILES string of the molecule is COC1=CC(=O)c2c(cc3c(c2O)C(=O)C2(OC4CCC(OC5CCC(O)C(C)O5)C(C)O4)C(O)=C(C(C)=O)C(=O)C(OC4CCC(OC5CCC(OC6CCC(OC7CCC(OC(=O)C(C)C(=O)O)C(C)O7)C(C)O6)C(C)O5)C(C)O4)C2C3)C1=O. The molecule has 0 spiro atoms. The maximum Gasteiger partial charge on any atom is 0.320 e. The van der Waals surface area contributed by atoms with Gasteiger partial charge in [-0.3, -0.25) is 33.6 Å². The Morgan fingerprint density at radius 1 is 0.605 bits per heavy atom. The summed E-state index contributed by atoms with van der Waals surface area (Å²) in [5.41, 5.74) is -4.59. The number of aromatic hydroxyl groups is 1. The molecule has 1 aromatic carbocycles. The lowest BCUT2D eigenvalue weighted by atomic mass is 9.62. The zero-order valence-electron chi connectivity index (χ0n) is 49.8. The number of rotatable bonds is 17. The van der Waals surface area contributed by atoms with Crippen molar-refractivity contribution in [2.24, 2.45) is 11.8 Å². The van der Waals surface area contributed by atoms with E-state index in [-0.39, 0.29) is 54.5 Å². The van der Waals surface area contributed by atoms with Gasteiger partial charge in [-0.15, -0.1) is 0 Å². The number of fused-ring (bicyclic) bond motifs is 3. The number of carbonyl (C=O) groups is 7. The van der Waals surface area contributed by atoms with Gasteiger partial charge in [0.2, 0.25) is 11.6 Å². The summed E-state index contributed by atoms with van der Waals surface area (Å²) in [4.78, 5) is 94.7. The molecule has 0 amide bonds. The van der Waals surface area contributed by atoms with Gasteiger partial charge in [-0.05, 0) is 112 Å². The van der Waals surface area contributed by atoms with Gasteiger partial charge in [0.1, 0.15) is 29.3 Å². The van der Waals surface area contributed by atoms with E-state index in [1.807, 2.05) is 13.8 Å². The molecule has 9 aliphatic rings. The van der Waals surface area contributed by atoms with Crippen LogP contribution in [0.25, 0.3) is 0 Å². The number of phenols is 1. The number of aliphatic hydroxyl groups is 2. The molecule has 10 rings (SSSR count). The molecule has 6 aliphatic heterocycles. The smallest absolute Gasteiger partial charge is 0.320 e. The van der Waals surface area contributed by atoms with E-state index in [2.05, 4.69) is 0 Å². The number of ether oxygens (including phenoxy) is 14. The second kappa shape index (κ2) is 26.1. The third kappa shape index (κ3) is 12.7. The highest BCUT2D eigenvalue weighted by molar-refractivity contribution is 6.28. The Kier molecular flexibility index (Phi) is 19.4. The van der Waals surface area contributed by atoms with Crippen LogP contribution in [-0.4, -0.2) is 191 Å². The van der Waals surface area contributed by atoms with Gasteiger partial charge in [0.05, 0.1) is 85.4 Å². The Labute approximate surface area is 497 Å². The average molecular weight is 1210 g/mol. The minimum Gasteiger partial charge on any atom is -0.508 e. The van der Waals surface area contributed by atoms with E-state index in [4.69, 9.17) is 71.4 Å². The molecule has 0 bridgehead atoms. The minimum absolute atomic E-state index is 0.0319. The minimum atomic E-state index is -2.65. The van der Waals surface area contributed by atoms with Gasteiger partial charge in [-0.2, -0.15) is 0 Å². The van der Waals surface area contributed by atoms with Crippen molar-refractivity contribution in [1.82, 2.24) is 0 Å². The van der Waals surface area contributed by atoms with Gasteiger partial charge in [0, 0.05) is 56.1 Å². The van der Waals surface area contributed by atoms with Crippen molar-refractivity contribution in [1.29, 1.82) is 0 Å². The molecule has 3 aliphatic carbocycles. The zero-order valence-corrected chi connectivity index (χ0v) is 49.8. The van der Waals surface area contributed by atoms with Gasteiger partial charge in [-0.1, -0.05) is 0 Å². The maximum absolute atomic E-state index is 15.6. The Morgan fingerprint density at radius 3 is 1.50 bits per heavy atom. The summed E-state index contributed by atoms with van der Waals surface area (Å²) >= 11 is 0. The largest absolute Gasteiger partial charge is 0.508 e. The number of hydrogen-bond acceptors (Lipinski definition) is 24. The molecule has 22 unspecified atom stereocenters. The highest BCUT2D eigenvalue weighted by Gasteiger charge is 2.66. The van der Waals surface area contributed by atoms with E-state index in [0.29, 0.717) is 64.2 Å². The number of Topliss-reactive ketones (excluding diaryl/α,β-unsaturated/α-hetero) is 4. The lowest BCUT2D eigenvalue weighted by Gasteiger charge is -2.51. The van der Waals surface area contributed by atoms with Crippen LogP contribution in [0.4, 0.5) is 0 Å². The number of ketones is 5. The monoisotopic (exact) mass is 1210 g/mol. The molecule has 6 fully saturated rings. The van der Waals surface area contributed by atoms with E-state index >= 15 is 4.79 Å². The van der Waals surface area contributed by atoms with Crippen LogP contribution < -0.4 is 0 Å². The predicted octanol–water partition coefficient (Wildman–Crippen LogP) is 5.47. The molecule has 0 saturated carbocycles. The highest BCUT2D eigenvalue weighted by atomic mass is 16.8. The number of aliphatic carboxylic acids is 1. The maximum atomic E-state index is 15.6. The number of benzene rings is 1. The van der Waals surface area contributed by atoms with E-state index in [0.717, 1.165) is 13.0 Å². The topological polar surface area (TPSA) is 330 Å². The van der Waals surface area contributed by atoms with Crippen LogP contribution >= 0.6 is 0 Å². The van der Waals surface area contributed by atoms with Crippen molar-refractivity contribution in [3.63, 3.8) is 0 Å². The summed E-state index contributed by atoms with van der Waals surface area (Å²) < 4.78 is 86.8. The molecule has 25 heteroatoms. The second-order valence-corrected chi connectivity index (χ2v) is 24.2. The van der Waals surface area contributed by atoms with Crippen molar-refractivity contribution in [2.75, 3.05) is 7.11 Å². The van der Waals surface area contributed by atoms with Crippen molar-refractivity contribution in [3.8, 4) is 5.75 Å². The number of allylic oxidation sites excluding steroid dienone is 2. The normalized spacial score (nSPS) is 39.8. The summed E-state index contributed by atoms with van der Waals surface area (Å²) in [6.45, 7) is 13.1. The summed E-state index contributed by atoms with van der Waals surface area (Å²) in [6.07, 6.45) is -6.97. The second-order valence-electron chi connectivity index (χ2n) is 24.2. The predicted molar refractivity (Wildman–Crippen MR) is 291 cm³/mol. The fourth-order valence-corrected chi connectivity index (χ4v) is 13.3. The molecule has 6 heterocycles. The van der Waals surface area contributed by atoms with Crippen LogP contribution in [-0.2, 0) is 91.9 Å². The summed E-state index contributed by atoms with van der Waals surface area (Å²) in [6, 6.07) is 1.28. The zero-order chi connectivity index (χ0) is 61.8. The number of methoxy groups -OCH3 is 1. The Bertz CT molecular complexity index is 2850. The molecule has 1 aromatic rings. The van der Waals surface area contributed by atoms with E-state index in [1.165, 1.54) is 20.1 Å². The van der Waals surface area contributed by atoms with Gasteiger partial charge in [-0.25, -0.2) is 0 Å². The molecule has 22 atom stereocenters. The van der Waals surface area contributed by atoms with Crippen molar-refractivity contribution in [2.45, 2.75) is 262 Å². The standard InChI is InChI=1S/C61H80O25/c1-25(59(70)71)60(72)84-42-14-19-47(77-32(42)8)82-39-12-17-45(75-29(39)5)81-38-11-18-46(76-28(38)4)83-40-13-20-48(78-30(40)6)85-56-35-23-33-22-34-52(37(64)24-43(73-9)53(34)65)54(66)51(33)58(69)61(35,57(68)50(26(2)62)55(56)67)86-49-21-15-41(31(7)79-49)80-44-16-10-36(63)27(3)74-44/h22,24-25,27-32,35-36,38-42,44-49,56,63,66,68H,10-21,23H2,1-9H3,(H,70,71). The van der Waals surface area contributed by atoms with Gasteiger partial charge < -0.3 is 86.7 Å². The highest BCUT2D eigenvalue weighted by Crippen LogP contribution is 2.52. The number of carboxylic acids is 1.